The Kier molecular flexibility index (Phi) is 5.93. The Morgan fingerprint density at radius 1 is 1.15 bits per heavy atom. The van der Waals surface area contributed by atoms with Crippen LogP contribution in [-0.2, 0) is 11.3 Å². The molecule has 2 saturated heterocycles. The third kappa shape index (κ3) is 4.49. The average Bonchev–Trinajstić information content (AvgIpc) is 3.41. The molecule has 2 bridgehead atoms. The van der Waals surface area contributed by atoms with E-state index < -0.39 is 17.5 Å². The molecule has 1 N–H and O–H groups in total. The highest BCUT2D eigenvalue weighted by Crippen LogP contribution is 2.48. The van der Waals surface area contributed by atoms with E-state index in [1.807, 2.05) is 30.3 Å². The van der Waals surface area contributed by atoms with E-state index in [0.717, 1.165) is 54.3 Å². The summed E-state index contributed by atoms with van der Waals surface area (Å²) in [6.45, 7) is 0.223. The van der Waals surface area contributed by atoms with Crippen molar-refractivity contribution in [1.82, 2.24) is 10.1 Å². The molecule has 0 amide bonds. The minimum Gasteiger partial charge on any atom is -0.478 e. The first-order valence-corrected chi connectivity index (χ1v) is 14.1. The van der Waals surface area contributed by atoms with Crippen LogP contribution >= 0.6 is 11.3 Å². The maximum absolute atomic E-state index is 16.2. The number of halogens is 2. The van der Waals surface area contributed by atoms with Crippen molar-refractivity contribution >= 4 is 32.7 Å². The lowest BCUT2D eigenvalue weighted by molar-refractivity contribution is -0.0164. The lowest BCUT2D eigenvalue weighted by Gasteiger charge is -2.42. The molecule has 39 heavy (non-hydrogen) atoms. The number of anilines is 1. The molecule has 1 saturated carbocycles. The Bertz CT molecular complexity index is 1540. The van der Waals surface area contributed by atoms with E-state index in [1.165, 1.54) is 17.4 Å². The van der Waals surface area contributed by atoms with Crippen LogP contribution in [0.3, 0.4) is 0 Å². The van der Waals surface area contributed by atoms with Crippen molar-refractivity contribution in [2.45, 2.75) is 68.8 Å². The van der Waals surface area contributed by atoms with Gasteiger partial charge >= 0.3 is 5.97 Å². The van der Waals surface area contributed by atoms with Crippen molar-refractivity contribution in [1.29, 1.82) is 0 Å². The van der Waals surface area contributed by atoms with Gasteiger partial charge in [-0.3, -0.25) is 0 Å². The van der Waals surface area contributed by atoms with Gasteiger partial charge in [0.1, 0.15) is 22.6 Å². The normalized spacial score (nSPS) is 24.5. The van der Waals surface area contributed by atoms with Gasteiger partial charge in [0.2, 0.25) is 0 Å². The van der Waals surface area contributed by atoms with Gasteiger partial charge in [-0.1, -0.05) is 46.8 Å². The Hall–Kier alpha value is -3.37. The molecule has 4 aromatic rings. The van der Waals surface area contributed by atoms with Crippen LogP contribution in [0.4, 0.5) is 13.9 Å². The molecule has 3 fully saturated rings. The lowest BCUT2D eigenvalue weighted by atomic mass is 9.88. The maximum Gasteiger partial charge on any atom is 0.335 e. The summed E-state index contributed by atoms with van der Waals surface area (Å²) in [5.41, 5.74) is 1.19. The number of hydrogen-bond acceptors (Lipinski definition) is 7. The van der Waals surface area contributed by atoms with Crippen molar-refractivity contribution in [3.05, 3.63) is 65.2 Å². The Morgan fingerprint density at radius 2 is 1.90 bits per heavy atom. The molecular weight excluding hydrogens is 524 g/mol. The summed E-state index contributed by atoms with van der Waals surface area (Å²) in [5, 5.41) is 14.2. The molecule has 7 nitrogen and oxygen atoms in total. The Morgan fingerprint density at radius 3 is 2.59 bits per heavy atom. The molecule has 1 aliphatic carbocycles. The standard InChI is InChI=1S/C29H27F2N3O4S/c30-22-10-18(27(35)36)11-23-25(22)32-28(39-23)34-19-8-9-20(34)13-29(31,12-19)15-37-14-21-24(16-4-2-1-3-5-16)33-38-26(21)17-6-7-17/h1-5,10-11,17,19-20H,6-9,12-15H2,(H,35,36). The zero-order valence-corrected chi connectivity index (χ0v) is 21.9. The number of aromatic carboxylic acids is 1. The van der Waals surface area contributed by atoms with E-state index in [2.05, 4.69) is 15.0 Å². The zero-order valence-electron chi connectivity index (χ0n) is 21.1. The lowest BCUT2D eigenvalue weighted by Crippen LogP contribution is -2.51. The van der Waals surface area contributed by atoms with E-state index in [1.54, 1.807) is 0 Å². The fraction of sp³-hybridized carbons (Fsp3) is 0.414. The molecule has 2 atom stereocenters. The van der Waals surface area contributed by atoms with Crippen LogP contribution in [0, 0.1) is 5.82 Å². The number of carboxylic acids is 1. The summed E-state index contributed by atoms with van der Waals surface area (Å²) >= 11 is 1.26. The van der Waals surface area contributed by atoms with Gasteiger partial charge in [-0.25, -0.2) is 18.6 Å². The van der Waals surface area contributed by atoms with Crippen molar-refractivity contribution in [2.75, 3.05) is 11.5 Å². The summed E-state index contributed by atoms with van der Waals surface area (Å²) in [6.07, 6.45) is 4.38. The molecule has 0 spiro atoms. The highest BCUT2D eigenvalue weighted by atomic mass is 32.1. The highest BCUT2D eigenvalue weighted by Gasteiger charge is 2.50. The van der Waals surface area contributed by atoms with Gasteiger partial charge in [0.05, 0.1) is 23.5 Å². The van der Waals surface area contributed by atoms with Crippen LogP contribution in [0.2, 0.25) is 0 Å². The first-order valence-electron chi connectivity index (χ1n) is 13.3. The van der Waals surface area contributed by atoms with Crippen LogP contribution in [0.25, 0.3) is 21.5 Å². The van der Waals surface area contributed by atoms with E-state index in [-0.39, 0.29) is 36.4 Å². The number of aromatic nitrogens is 2. The van der Waals surface area contributed by atoms with Crippen LogP contribution in [-0.4, -0.2) is 45.6 Å². The monoisotopic (exact) mass is 551 g/mol. The largest absolute Gasteiger partial charge is 0.478 e. The predicted octanol–water partition coefficient (Wildman–Crippen LogP) is 6.72. The quantitative estimate of drug-likeness (QED) is 0.260. The van der Waals surface area contributed by atoms with Gasteiger partial charge in [0, 0.05) is 42.0 Å². The fourth-order valence-electron chi connectivity index (χ4n) is 6.22. The molecule has 202 valence electrons. The van der Waals surface area contributed by atoms with Crippen molar-refractivity contribution < 1.29 is 27.9 Å². The molecule has 3 aliphatic rings. The fourth-order valence-corrected chi connectivity index (χ4v) is 7.38. The minimum atomic E-state index is -1.48. The SMILES string of the molecule is O=C(O)c1cc(F)c2nc(N3C4CCC3CC(F)(COCc3c(-c5ccccc5)noc3C3CC3)C4)sc2c1. The predicted molar refractivity (Wildman–Crippen MR) is 142 cm³/mol. The number of carboxylic acid groups (broad SMARTS) is 1. The smallest absolute Gasteiger partial charge is 0.335 e. The summed E-state index contributed by atoms with van der Waals surface area (Å²) in [6, 6.07) is 12.1. The summed E-state index contributed by atoms with van der Waals surface area (Å²) < 4.78 is 43.0. The second-order valence-corrected chi connectivity index (χ2v) is 12.0. The number of hydrogen-bond donors (Lipinski definition) is 1. The van der Waals surface area contributed by atoms with Crippen molar-refractivity contribution in [2.24, 2.45) is 0 Å². The topological polar surface area (TPSA) is 88.7 Å². The molecule has 10 heteroatoms. The number of ether oxygens (including phenoxy) is 1. The van der Waals surface area contributed by atoms with Gasteiger partial charge in [-0.05, 0) is 37.8 Å². The van der Waals surface area contributed by atoms with Crippen LogP contribution in [0.1, 0.15) is 66.1 Å². The third-order valence-corrected chi connectivity index (χ3v) is 9.16. The second-order valence-electron chi connectivity index (χ2n) is 11.0. The van der Waals surface area contributed by atoms with Gasteiger partial charge in [0.15, 0.2) is 10.9 Å². The van der Waals surface area contributed by atoms with Crippen molar-refractivity contribution in [3.8, 4) is 11.3 Å². The number of fused-ring (bicyclic) bond motifs is 3. The number of nitrogens with zero attached hydrogens (tertiary/aromatic N) is 3. The Labute approximate surface area is 227 Å². The molecule has 7 rings (SSSR count). The van der Waals surface area contributed by atoms with E-state index in [4.69, 9.17) is 9.26 Å². The summed E-state index contributed by atoms with van der Waals surface area (Å²) in [7, 11) is 0. The molecule has 4 heterocycles. The molecular formula is C29H27F2N3O4S. The van der Waals surface area contributed by atoms with Gasteiger partial charge in [0.25, 0.3) is 0 Å². The van der Waals surface area contributed by atoms with E-state index >= 15 is 4.39 Å². The highest BCUT2D eigenvalue weighted by molar-refractivity contribution is 7.22. The molecule has 2 aromatic heterocycles. The first kappa shape index (κ1) is 24.7. The van der Waals surface area contributed by atoms with Crippen LogP contribution in [0.15, 0.2) is 47.0 Å². The molecule has 2 aromatic carbocycles. The third-order valence-electron chi connectivity index (χ3n) is 8.15. The summed E-state index contributed by atoms with van der Waals surface area (Å²) in [5.74, 6) is -0.625. The van der Waals surface area contributed by atoms with Gasteiger partial charge in [-0.15, -0.1) is 0 Å². The first-order chi connectivity index (χ1) is 18.9. The maximum atomic E-state index is 16.2. The molecule has 2 aliphatic heterocycles. The van der Waals surface area contributed by atoms with E-state index in [0.29, 0.717) is 28.6 Å². The number of piperidine rings is 1. The Balaban J connectivity index is 1.07. The van der Waals surface area contributed by atoms with Crippen LogP contribution < -0.4 is 4.90 Å². The molecule has 2 unspecified atom stereocenters. The average molecular weight is 552 g/mol. The van der Waals surface area contributed by atoms with Gasteiger partial charge < -0.3 is 19.3 Å². The number of rotatable bonds is 8. The van der Waals surface area contributed by atoms with Crippen molar-refractivity contribution in [3.63, 3.8) is 0 Å². The number of benzene rings is 2. The summed E-state index contributed by atoms with van der Waals surface area (Å²) in [4.78, 5) is 18.0. The van der Waals surface area contributed by atoms with Gasteiger partial charge in [-0.2, -0.15) is 0 Å². The minimum absolute atomic E-state index is 0.0200. The van der Waals surface area contributed by atoms with E-state index in [9.17, 15) is 14.3 Å². The number of carbonyl (C=O) groups is 1. The second kappa shape index (κ2) is 9.38. The number of thiazole rings is 1. The number of alkyl halides is 1. The zero-order chi connectivity index (χ0) is 26.7. The van der Waals surface area contributed by atoms with Crippen LogP contribution in [0.5, 0.6) is 0 Å². The molecule has 0 radical (unpaired) electrons.